The Morgan fingerprint density at radius 1 is 1.33 bits per heavy atom. The van der Waals surface area contributed by atoms with Crippen molar-refractivity contribution >= 4 is 17.5 Å². The van der Waals surface area contributed by atoms with Crippen LogP contribution in [-0.4, -0.2) is 19.0 Å². The molecule has 1 saturated heterocycles. The second-order valence-corrected chi connectivity index (χ2v) is 6.25. The quantitative estimate of drug-likeness (QED) is 0.841. The molecule has 3 nitrogen and oxygen atoms in total. The fraction of sp³-hybridized carbons (Fsp3) is 0.588. The lowest BCUT2D eigenvalue weighted by Gasteiger charge is -2.23. The van der Waals surface area contributed by atoms with Crippen LogP contribution in [0.15, 0.2) is 24.3 Å². The van der Waals surface area contributed by atoms with Gasteiger partial charge >= 0.3 is 0 Å². The van der Waals surface area contributed by atoms with E-state index in [9.17, 15) is 4.79 Å². The summed E-state index contributed by atoms with van der Waals surface area (Å²) in [6.45, 7) is 4.27. The van der Waals surface area contributed by atoms with Crippen molar-refractivity contribution in [2.75, 3.05) is 13.1 Å². The molecular weight excluding hydrogens is 284 g/mol. The molecule has 1 aromatic carbocycles. The molecular formula is C17H25ClN2O. The monoisotopic (exact) mass is 308 g/mol. The number of carbonyl (C=O) groups excluding carboxylic acids is 1. The van der Waals surface area contributed by atoms with Gasteiger partial charge in [-0.25, -0.2) is 0 Å². The first-order valence-electron chi connectivity index (χ1n) is 7.94. The third kappa shape index (κ3) is 5.33. The van der Waals surface area contributed by atoms with Crippen LogP contribution in [0, 0.1) is 5.92 Å². The normalized spacial score (nSPS) is 17.4. The van der Waals surface area contributed by atoms with Crippen LogP contribution in [0.1, 0.15) is 50.6 Å². The van der Waals surface area contributed by atoms with Crippen LogP contribution >= 0.6 is 11.6 Å². The fourth-order valence-corrected chi connectivity index (χ4v) is 3.01. The Morgan fingerprint density at radius 3 is 2.62 bits per heavy atom. The highest BCUT2D eigenvalue weighted by molar-refractivity contribution is 6.30. The second-order valence-electron chi connectivity index (χ2n) is 5.81. The summed E-state index contributed by atoms with van der Waals surface area (Å²) in [5.41, 5.74) is 1.12. The average Bonchev–Trinajstić information content (AvgIpc) is 2.52. The molecule has 2 rings (SSSR count). The van der Waals surface area contributed by atoms with Crippen molar-refractivity contribution in [2.24, 2.45) is 5.92 Å². The van der Waals surface area contributed by atoms with E-state index in [4.69, 9.17) is 11.6 Å². The molecule has 4 heteroatoms. The number of hydrogen-bond acceptors (Lipinski definition) is 2. The molecule has 0 aliphatic carbocycles. The van der Waals surface area contributed by atoms with Gasteiger partial charge in [-0.05, 0) is 62.4 Å². The van der Waals surface area contributed by atoms with Crippen LogP contribution in [0.25, 0.3) is 0 Å². The Morgan fingerprint density at radius 2 is 2.00 bits per heavy atom. The fourth-order valence-electron chi connectivity index (χ4n) is 2.89. The van der Waals surface area contributed by atoms with Crippen LogP contribution in [0.2, 0.25) is 5.02 Å². The number of amides is 1. The van der Waals surface area contributed by atoms with Crippen molar-refractivity contribution in [3.8, 4) is 0 Å². The molecule has 1 atom stereocenters. The van der Waals surface area contributed by atoms with Gasteiger partial charge in [0.1, 0.15) is 0 Å². The minimum absolute atomic E-state index is 0.0859. The van der Waals surface area contributed by atoms with E-state index in [0.29, 0.717) is 12.3 Å². The van der Waals surface area contributed by atoms with E-state index in [1.807, 2.05) is 24.3 Å². The highest BCUT2D eigenvalue weighted by Crippen LogP contribution is 2.21. The molecule has 1 aromatic rings. The van der Waals surface area contributed by atoms with Crippen molar-refractivity contribution < 1.29 is 4.79 Å². The van der Waals surface area contributed by atoms with Crippen LogP contribution < -0.4 is 10.6 Å². The summed E-state index contributed by atoms with van der Waals surface area (Å²) in [6.07, 6.45) is 4.92. The van der Waals surface area contributed by atoms with Gasteiger partial charge in [-0.15, -0.1) is 0 Å². The van der Waals surface area contributed by atoms with Gasteiger partial charge in [-0.2, -0.15) is 0 Å². The van der Waals surface area contributed by atoms with Crippen molar-refractivity contribution in [2.45, 2.75) is 45.1 Å². The van der Waals surface area contributed by atoms with Crippen molar-refractivity contribution in [3.05, 3.63) is 34.9 Å². The van der Waals surface area contributed by atoms with Crippen molar-refractivity contribution in [3.63, 3.8) is 0 Å². The summed E-state index contributed by atoms with van der Waals surface area (Å²) >= 11 is 5.91. The standard InChI is InChI=1S/C17H25ClN2O/c1-2-16(14-4-6-15(18)7-5-14)20-17(21)8-3-13-9-11-19-12-10-13/h4-7,13,16,19H,2-3,8-12H2,1H3,(H,20,21). The molecule has 2 N–H and O–H groups in total. The van der Waals surface area contributed by atoms with Crippen LogP contribution in [-0.2, 0) is 4.79 Å². The van der Waals surface area contributed by atoms with E-state index in [1.165, 1.54) is 12.8 Å². The van der Waals surface area contributed by atoms with E-state index in [-0.39, 0.29) is 11.9 Å². The Balaban J connectivity index is 1.80. The molecule has 1 heterocycles. The zero-order chi connectivity index (χ0) is 15.1. The molecule has 0 saturated carbocycles. The van der Waals surface area contributed by atoms with Crippen LogP contribution in [0.3, 0.4) is 0 Å². The van der Waals surface area contributed by atoms with E-state index < -0.39 is 0 Å². The summed E-state index contributed by atoms with van der Waals surface area (Å²) in [7, 11) is 0. The first-order valence-corrected chi connectivity index (χ1v) is 8.32. The Labute approximate surface area is 132 Å². The molecule has 1 amide bonds. The lowest BCUT2D eigenvalue weighted by atomic mass is 9.93. The van der Waals surface area contributed by atoms with E-state index in [1.54, 1.807) is 0 Å². The number of benzene rings is 1. The maximum atomic E-state index is 12.1. The summed E-state index contributed by atoms with van der Waals surface area (Å²) < 4.78 is 0. The second kappa shape index (κ2) is 8.40. The largest absolute Gasteiger partial charge is 0.349 e. The molecule has 116 valence electrons. The Hall–Kier alpha value is -1.06. The van der Waals surface area contributed by atoms with Crippen LogP contribution in [0.4, 0.5) is 0 Å². The Kier molecular flexibility index (Phi) is 6.52. The number of piperidine rings is 1. The number of nitrogens with one attached hydrogen (secondary N) is 2. The third-order valence-electron chi connectivity index (χ3n) is 4.25. The summed E-state index contributed by atoms with van der Waals surface area (Å²) in [6, 6.07) is 7.82. The zero-order valence-electron chi connectivity index (χ0n) is 12.7. The topological polar surface area (TPSA) is 41.1 Å². The first-order chi connectivity index (χ1) is 10.2. The van der Waals surface area contributed by atoms with Gasteiger partial charge in [-0.1, -0.05) is 30.7 Å². The van der Waals surface area contributed by atoms with Gasteiger partial charge in [0.15, 0.2) is 0 Å². The number of hydrogen-bond donors (Lipinski definition) is 2. The highest BCUT2D eigenvalue weighted by Gasteiger charge is 2.16. The van der Waals surface area contributed by atoms with Crippen molar-refractivity contribution in [1.29, 1.82) is 0 Å². The van der Waals surface area contributed by atoms with Gasteiger partial charge in [0, 0.05) is 11.4 Å². The highest BCUT2D eigenvalue weighted by atomic mass is 35.5. The first kappa shape index (κ1) is 16.3. The van der Waals surface area contributed by atoms with Crippen LogP contribution in [0.5, 0.6) is 0 Å². The molecule has 1 aliphatic heterocycles. The molecule has 0 bridgehead atoms. The zero-order valence-corrected chi connectivity index (χ0v) is 13.5. The lowest BCUT2D eigenvalue weighted by Crippen LogP contribution is -2.31. The smallest absolute Gasteiger partial charge is 0.220 e. The summed E-state index contributed by atoms with van der Waals surface area (Å²) in [4.78, 5) is 12.1. The van der Waals surface area contributed by atoms with Crippen molar-refractivity contribution in [1.82, 2.24) is 10.6 Å². The van der Waals surface area contributed by atoms with Gasteiger partial charge in [0.2, 0.25) is 5.91 Å². The summed E-state index contributed by atoms with van der Waals surface area (Å²) in [5.74, 6) is 0.864. The predicted octanol–water partition coefficient (Wildman–Crippen LogP) is 3.69. The molecule has 1 aliphatic rings. The minimum atomic E-state index is 0.0859. The summed E-state index contributed by atoms with van der Waals surface area (Å²) in [5, 5.41) is 7.23. The van der Waals surface area contributed by atoms with Gasteiger partial charge in [-0.3, -0.25) is 4.79 Å². The maximum Gasteiger partial charge on any atom is 0.220 e. The van der Waals surface area contributed by atoms with E-state index >= 15 is 0 Å². The molecule has 1 unspecified atom stereocenters. The molecule has 0 spiro atoms. The maximum absolute atomic E-state index is 12.1. The molecule has 0 radical (unpaired) electrons. The Bertz CT molecular complexity index is 441. The molecule has 21 heavy (non-hydrogen) atoms. The van der Waals surface area contributed by atoms with Gasteiger partial charge in [0.25, 0.3) is 0 Å². The SMILES string of the molecule is CCC(NC(=O)CCC1CCNCC1)c1ccc(Cl)cc1. The molecule has 1 fully saturated rings. The van der Waals surface area contributed by atoms with E-state index in [0.717, 1.165) is 36.5 Å². The van der Waals surface area contributed by atoms with Gasteiger partial charge < -0.3 is 10.6 Å². The van der Waals surface area contributed by atoms with E-state index in [2.05, 4.69) is 17.6 Å². The number of carbonyl (C=O) groups is 1. The predicted molar refractivity (Wildman–Crippen MR) is 87.5 cm³/mol. The molecule has 0 aromatic heterocycles. The number of rotatable bonds is 6. The average molecular weight is 309 g/mol. The number of halogens is 1. The minimum Gasteiger partial charge on any atom is -0.349 e. The third-order valence-corrected chi connectivity index (χ3v) is 4.51. The lowest BCUT2D eigenvalue weighted by molar-refractivity contribution is -0.122. The van der Waals surface area contributed by atoms with Gasteiger partial charge in [0.05, 0.1) is 6.04 Å².